The minimum atomic E-state index is -0.377. The Morgan fingerprint density at radius 3 is 3.00 bits per heavy atom. The van der Waals surface area contributed by atoms with E-state index in [0.29, 0.717) is 18.9 Å². The van der Waals surface area contributed by atoms with E-state index < -0.39 is 0 Å². The highest BCUT2D eigenvalue weighted by Gasteiger charge is 2.42. The summed E-state index contributed by atoms with van der Waals surface area (Å²) >= 11 is 0. The number of hydrogen-bond donors (Lipinski definition) is 1. The maximum absolute atomic E-state index is 11.7. The van der Waals surface area contributed by atoms with Gasteiger partial charge in [0.15, 0.2) is 5.79 Å². The van der Waals surface area contributed by atoms with Crippen LogP contribution in [0.15, 0.2) is 28.9 Å². The van der Waals surface area contributed by atoms with Gasteiger partial charge in [-0.25, -0.2) is 0 Å². The molecular formula is C16H21NO4. The number of carbonyl (C=O) groups is 1. The van der Waals surface area contributed by atoms with Gasteiger partial charge >= 0.3 is 0 Å². The third kappa shape index (κ3) is 3.74. The van der Waals surface area contributed by atoms with Crippen molar-refractivity contribution in [2.24, 2.45) is 0 Å². The van der Waals surface area contributed by atoms with Crippen LogP contribution in [0.5, 0.6) is 0 Å². The molecule has 1 amide bonds. The van der Waals surface area contributed by atoms with Gasteiger partial charge in [0.1, 0.15) is 11.9 Å². The first-order valence-corrected chi connectivity index (χ1v) is 7.57. The summed E-state index contributed by atoms with van der Waals surface area (Å²) in [5.41, 5.74) is 0. The SMILES string of the molecule is O=C(/C=C/c1ccco1)NCC1COC2(CCCCC2)O1. The molecule has 2 heterocycles. The topological polar surface area (TPSA) is 60.7 Å². The minimum Gasteiger partial charge on any atom is -0.465 e. The van der Waals surface area contributed by atoms with Gasteiger partial charge in [0.2, 0.25) is 5.91 Å². The molecule has 1 unspecified atom stereocenters. The highest BCUT2D eigenvalue weighted by atomic mass is 16.7. The first-order chi connectivity index (χ1) is 10.3. The molecular weight excluding hydrogens is 270 g/mol. The first-order valence-electron chi connectivity index (χ1n) is 7.57. The summed E-state index contributed by atoms with van der Waals surface area (Å²) in [6.45, 7) is 1.03. The molecule has 3 rings (SSSR count). The van der Waals surface area contributed by atoms with Crippen LogP contribution in [-0.2, 0) is 14.3 Å². The lowest BCUT2D eigenvalue weighted by Gasteiger charge is -2.31. The normalized spacial score (nSPS) is 24.7. The second kappa shape index (κ2) is 6.45. The molecule has 1 N–H and O–H groups in total. The van der Waals surface area contributed by atoms with Crippen LogP contribution >= 0.6 is 0 Å². The molecule has 21 heavy (non-hydrogen) atoms. The Bertz CT molecular complexity index is 488. The van der Waals surface area contributed by atoms with Crippen LogP contribution in [-0.4, -0.2) is 30.9 Å². The zero-order chi connectivity index (χ0) is 14.5. The van der Waals surface area contributed by atoms with Crippen LogP contribution in [0.3, 0.4) is 0 Å². The average molecular weight is 291 g/mol. The number of hydrogen-bond acceptors (Lipinski definition) is 4. The van der Waals surface area contributed by atoms with E-state index in [0.717, 1.165) is 25.7 Å². The van der Waals surface area contributed by atoms with E-state index >= 15 is 0 Å². The highest BCUT2D eigenvalue weighted by Crippen LogP contribution is 2.37. The largest absolute Gasteiger partial charge is 0.465 e. The third-order valence-electron chi connectivity index (χ3n) is 3.98. The molecule has 2 fully saturated rings. The van der Waals surface area contributed by atoms with E-state index in [1.54, 1.807) is 24.5 Å². The molecule has 2 aliphatic rings. The van der Waals surface area contributed by atoms with E-state index in [1.165, 1.54) is 12.5 Å². The Hall–Kier alpha value is -1.59. The van der Waals surface area contributed by atoms with E-state index in [1.807, 2.05) is 0 Å². The number of amides is 1. The number of nitrogens with one attached hydrogen (secondary N) is 1. The Kier molecular flexibility index (Phi) is 4.41. The van der Waals surface area contributed by atoms with Crippen molar-refractivity contribution >= 4 is 12.0 Å². The first kappa shape index (κ1) is 14.4. The number of furan rings is 1. The van der Waals surface area contributed by atoms with Crippen molar-refractivity contribution in [3.8, 4) is 0 Å². The molecule has 1 aromatic rings. The second-order valence-corrected chi connectivity index (χ2v) is 5.62. The fraction of sp³-hybridized carbons (Fsp3) is 0.562. The second-order valence-electron chi connectivity index (χ2n) is 5.62. The Morgan fingerprint density at radius 1 is 1.38 bits per heavy atom. The van der Waals surface area contributed by atoms with Crippen LogP contribution in [0, 0.1) is 0 Å². The molecule has 1 saturated carbocycles. The van der Waals surface area contributed by atoms with E-state index in [4.69, 9.17) is 13.9 Å². The molecule has 0 bridgehead atoms. The number of rotatable bonds is 4. The van der Waals surface area contributed by atoms with Crippen LogP contribution in [0.4, 0.5) is 0 Å². The lowest BCUT2D eigenvalue weighted by Crippen LogP contribution is -2.36. The molecule has 1 aliphatic carbocycles. The minimum absolute atomic E-state index is 0.0518. The zero-order valence-corrected chi connectivity index (χ0v) is 12.0. The summed E-state index contributed by atoms with van der Waals surface area (Å²) in [5.74, 6) is 0.129. The van der Waals surface area contributed by atoms with E-state index in [2.05, 4.69) is 5.32 Å². The maximum Gasteiger partial charge on any atom is 0.244 e. The Balaban J connectivity index is 1.42. The molecule has 1 saturated heterocycles. The van der Waals surface area contributed by atoms with E-state index in [-0.39, 0.29) is 17.8 Å². The number of ether oxygens (including phenoxy) is 2. The summed E-state index contributed by atoms with van der Waals surface area (Å²) in [4.78, 5) is 11.7. The molecule has 114 valence electrons. The summed E-state index contributed by atoms with van der Waals surface area (Å²) in [6, 6.07) is 3.58. The van der Waals surface area contributed by atoms with Crippen molar-refractivity contribution in [2.75, 3.05) is 13.2 Å². The van der Waals surface area contributed by atoms with Gasteiger partial charge in [-0.3, -0.25) is 4.79 Å². The van der Waals surface area contributed by atoms with Gasteiger partial charge in [0.05, 0.1) is 12.9 Å². The summed E-state index contributed by atoms with van der Waals surface area (Å²) in [7, 11) is 0. The van der Waals surface area contributed by atoms with Gasteiger partial charge in [-0.1, -0.05) is 6.42 Å². The van der Waals surface area contributed by atoms with Crippen LogP contribution in [0.1, 0.15) is 37.9 Å². The summed E-state index contributed by atoms with van der Waals surface area (Å²) < 4.78 is 17.0. The fourth-order valence-electron chi connectivity index (χ4n) is 2.89. The highest BCUT2D eigenvalue weighted by molar-refractivity contribution is 5.91. The summed E-state index contributed by atoms with van der Waals surface area (Å²) in [6.07, 6.45) is 10.1. The van der Waals surface area contributed by atoms with Crippen molar-refractivity contribution in [3.05, 3.63) is 30.2 Å². The van der Waals surface area contributed by atoms with Crippen molar-refractivity contribution in [3.63, 3.8) is 0 Å². The molecule has 0 radical (unpaired) electrons. The quantitative estimate of drug-likeness (QED) is 0.866. The molecule has 0 aromatic carbocycles. The lowest BCUT2D eigenvalue weighted by molar-refractivity contribution is -0.186. The predicted molar refractivity (Wildman–Crippen MR) is 77.4 cm³/mol. The third-order valence-corrected chi connectivity index (χ3v) is 3.98. The Labute approximate surface area is 124 Å². The molecule has 1 aliphatic heterocycles. The molecule has 5 heteroatoms. The average Bonchev–Trinajstić information content (AvgIpc) is 3.14. The van der Waals surface area contributed by atoms with Crippen molar-refractivity contribution in [1.29, 1.82) is 0 Å². The Morgan fingerprint density at radius 2 is 2.24 bits per heavy atom. The van der Waals surface area contributed by atoms with Crippen LogP contribution in [0.2, 0.25) is 0 Å². The van der Waals surface area contributed by atoms with Gasteiger partial charge in [-0.2, -0.15) is 0 Å². The van der Waals surface area contributed by atoms with E-state index in [9.17, 15) is 4.79 Å². The van der Waals surface area contributed by atoms with Crippen LogP contribution in [0.25, 0.3) is 6.08 Å². The number of carbonyl (C=O) groups excluding carboxylic acids is 1. The van der Waals surface area contributed by atoms with Crippen molar-refractivity contribution < 1.29 is 18.7 Å². The summed E-state index contributed by atoms with van der Waals surface area (Å²) in [5, 5.41) is 2.84. The predicted octanol–water partition coefficient (Wildman–Crippen LogP) is 2.48. The van der Waals surface area contributed by atoms with Crippen LogP contribution < -0.4 is 5.32 Å². The molecule has 1 aromatic heterocycles. The van der Waals surface area contributed by atoms with Gasteiger partial charge in [0, 0.05) is 25.5 Å². The molecule has 5 nitrogen and oxygen atoms in total. The van der Waals surface area contributed by atoms with Gasteiger partial charge in [-0.15, -0.1) is 0 Å². The smallest absolute Gasteiger partial charge is 0.244 e. The molecule has 1 atom stereocenters. The van der Waals surface area contributed by atoms with Crippen molar-refractivity contribution in [2.45, 2.75) is 44.0 Å². The lowest BCUT2D eigenvalue weighted by atomic mass is 9.94. The maximum atomic E-state index is 11.7. The van der Waals surface area contributed by atoms with Gasteiger partial charge in [0.25, 0.3) is 0 Å². The van der Waals surface area contributed by atoms with Crippen molar-refractivity contribution in [1.82, 2.24) is 5.32 Å². The van der Waals surface area contributed by atoms with Gasteiger partial charge in [-0.05, 0) is 31.1 Å². The standard InChI is InChI=1S/C16H21NO4/c18-15(7-6-13-5-4-10-19-13)17-11-14-12-20-16(21-14)8-2-1-3-9-16/h4-7,10,14H,1-3,8-9,11-12H2,(H,17,18)/b7-6+. The monoisotopic (exact) mass is 291 g/mol. The molecule has 1 spiro atoms. The zero-order valence-electron chi connectivity index (χ0n) is 12.0. The van der Waals surface area contributed by atoms with Gasteiger partial charge < -0.3 is 19.2 Å². The fourth-order valence-corrected chi connectivity index (χ4v) is 2.89.